The number of nitrogens with two attached hydrogens (primary N) is 1. The molecule has 0 aliphatic carbocycles. The predicted molar refractivity (Wildman–Crippen MR) is 56.8 cm³/mol. The highest BCUT2D eigenvalue weighted by Gasteiger charge is 2.10. The van der Waals surface area contributed by atoms with Gasteiger partial charge in [0.05, 0.1) is 11.9 Å². The highest BCUT2D eigenvalue weighted by Crippen LogP contribution is 2.11. The standard InChI is InChI=1S/C10H16N4/c11-10-7-13-2-1-9(10)8-14-5-3-12-4-6-14/h1-2,7,12H,3-6,8,11H2. The van der Waals surface area contributed by atoms with Crippen LogP contribution in [0.3, 0.4) is 0 Å². The summed E-state index contributed by atoms with van der Waals surface area (Å²) < 4.78 is 0. The Kier molecular flexibility index (Phi) is 2.96. The van der Waals surface area contributed by atoms with Crippen LogP contribution in [0.4, 0.5) is 5.69 Å². The number of nitrogens with one attached hydrogen (secondary N) is 1. The molecule has 1 aliphatic heterocycles. The smallest absolute Gasteiger partial charge is 0.0546 e. The van der Waals surface area contributed by atoms with Gasteiger partial charge in [0, 0.05) is 38.9 Å². The average Bonchev–Trinajstić information content (AvgIpc) is 2.23. The lowest BCUT2D eigenvalue weighted by Gasteiger charge is -2.27. The van der Waals surface area contributed by atoms with E-state index in [1.54, 1.807) is 12.4 Å². The molecule has 2 rings (SSSR count). The molecule has 0 radical (unpaired) electrons. The molecule has 3 N–H and O–H groups in total. The molecule has 1 aliphatic rings. The summed E-state index contributed by atoms with van der Waals surface area (Å²) in [5, 5.41) is 3.33. The summed E-state index contributed by atoms with van der Waals surface area (Å²) in [5.41, 5.74) is 7.81. The van der Waals surface area contributed by atoms with Gasteiger partial charge in [-0.1, -0.05) is 0 Å². The third kappa shape index (κ3) is 2.21. The summed E-state index contributed by atoms with van der Waals surface area (Å²) in [4.78, 5) is 6.39. The summed E-state index contributed by atoms with van der Waals surface area (Å²) in [6, 6.07) is 2.00. The highest BCUT2D eigenvalue weighted by molar-refractivity contribution is 5.43. The van der Waals surface area contributed by atoms with E-state index in [-0.39, 0.29) is 0 Å². The molecule has 0 amide bonds. The SMILES string of the molecule is Nc1cnccc1CN1CCNCC1. The van der Waals surface area contributed by atoms with Crippen LogP contribution in [-0.2, 0) is 6.54 Å². The van der Waals surface area contributed by atoms with Crippen molar-refractivity contribution in [2.75, 3.05) is 31.9 Å². The van der Waals surface area contributed by atoms with Crippen LogP contribution < -0.4 is 11.1 Å². The van der Waals surface area contributed by atoms with E-state index in [0.717, 1.165) is 38.4 Å². The van der Waals surface area contributed by atoms with Gasteiger partial charge in [-0.2, -0.15) is 0 Å². The Balaban J connectivity index is 1.99. The van der Waals surface area contributed by atoms with Gasteiger partial charge in [0.25, 0.3) is 0 Å². The van der Waals surface area contributed by atoms with Gasteiger partial charge in [-0.15, -0.1) is 0 Å². The van der Waals surface area contributed by atoms with Crippen LogP contribution in [0.15, 0.2) is 18.5 Å². The number of nitrogens with zero attached hydrogens (tertiary/aromatic N) is 2. The first-order chi connectivity index (χ1) is 6.86. The van der Waals surface area contributed by atoms with Crippen LogP contribution >= 0.6 is 0 Å². The summed E-state index contributed by atoms with van der Waals surface area (Å²) in [5.74, 6) is 0. The summed E-state index contributed by atoms with van der Waals surface area (Å²) in [7, 11) is 0. The van der Waals surface area contributed by atoms with E-state index in [1.807, 2.05) is 6.07 Å². The Bertz CT molecular complexity index is 294. The summed E-state index contributed by atoms with van der Waals surface area (Å²) in [6.07, 6.45) is 3.52. The van der Waals surface area contributed by atoms with E-state index >= 15 is 0 Å². The molecule has 4 nitrogen and oxygen atoms in total. The fraction of sp³-hybridized carbons (Fsp3) is 0.500. The van der Waals surface area contributed by atoms with Gasteiger partial charge in [-0.25, -0.2) is 0 Å². The monoisotopic (exact) mass is 192 g/mol. The molecule has 0 spiro atoms. The molecule has 0 aromatic carbocycles. The second kappa shape index (κ2) is 4.39. The van der Waals surface area contributed by atoms with Crippen LogP contribution in [-0.4, -0.2) is 36.1 Å². The van der Waals surface area contributed by atoms with Crippen LogP contribution in [0.5, 0.6) is 0 Å². The van der Waals surface area contributed by atoms with Gasteiger partial charge in [0.1, 0.15) is 0 Å². The van der Waals surface area contributed by atoms with Gasteiger partial charge in [0.15, 0.2) is 0 Å². The second-order valence-corrected chi connectivity index (χ2v) is 3.60. The van der Waals surface area contributed by atoms with Gasteiger partial charge in [-0.05, 0) is 11.6 Å². The Morgan fingerprint density at radius 1 is 1.43 bits per heavy atom. The maximum atomic E-state index is 5.83. The van der Waals surface area contributed by atoms with E-state index in [0.29, 0.717) is 0 Å². The van der Waals surface area contributed by atoms with Crippen LogP contribution in [0.25, 0.3) is 0 Å². The molecule has 1 fully saturated rings. The molecule has 0 bridgehead atoms. The zero-order chi connectivity index (χ0) is 9.80. The van der Waals surface area contributed by atoms with Gasteiger partial charge < -0.3 is 11.1 Å². The fourth-order valence-corrected chi connectivity index (χ4v) is 1.69. The number of nitrogen functional groups attached to an aromatic ring is 1. The van der Waals surface area contributed by atoms with Gasteiger partial charge in [-0.3, -0.25) is 9.88 Å². The molecular formula is C10H16N4. The number of aromatic nitrogens is 1. The Morgan fingerprint density at radius 2 is 2.21 bits per heavy atom. The lowest BCUT2D eigenvalue weighted by molar-refractivity contribution is 0.233. The first-order valence-corrected chi connectivity index (χ1v) is 4.98. The number of piperazine rings is 1. The second-order valence-electron chi connectivity index (χ2n) is 3.60. The first-order valence-electron chi connectivity index (χ1n) is 4.98. The molecule has 14 heavy (non-hydrogen) atoms. The van der Waals surface area contributed by atoms with Crippen molar-refractivity contribution in [1.82, 2.24) is 15.2 Å². The quantitative estimate of drug-likeness (QED) is 0.696. The Labute approximate surface area is 84.1 Å². The number of pyridine rings is 1. The molecule has 1 aromatic rings. The summed E-state index contributed by atoms with van der Waals surface area (Å²) in [6.45, 7) is 5.29. The van der Waals surface area contributed by atoms with Crippen molar-refractivity contribution in [3.63, 3.8) is 0 Å². The first kappa shape index (κ1) is 9.43. The predicted octanol–water partition coefficient (Wildman–Crippen LogP) is 0.0690. The van der Waals surface area contributed by atoms with E-state index < -0.39 is 0 Å². The number of hydrogen-bond acceptors (Lipinski definition) is 4. The van der Waals surface area contributed by atoms with Crippen molar-refractivity contribution < 1.29 is 0 Å². The van der Waals surface area contributed by atoms with Crippen LogP contribution in [0.1, 0.15) is 5.56 Å². The van der Waals surface area contributed by atoms with Crippen molar-refractivity contribution >= 4 is 5.69 Å². The van der Waals surface area contributed by atoms with Crippen LogP contribution in [0, 0.1) is 0 Å². The number of rotatable bonds is 2. The normalized spacial score (nSPS) is 18.3. The van der Waals surface area contributed by atoms with Crippen molar-refractivity contribution in [3.05, 3.63) is 24.0 Å². The van der Waals surface area contributed by atoms with E-state index in [2.05, 4.69) is 15.2 Å². The maximum absolute atomic E-state index is 5.83. The molecule has 0 saturated carbocycles. The van der Waals surface area contributed by atoms with Crippen LogP contribution in [0.2, 0.25) is 0 Å². The zero-order valence-electron chi connectivity index (χ0n) is 8.24. The molecule has 76 valence electrons. The zero-order valence-corrected chi connectivity index (χ0v) is 8.24. The molecule has 1 aromatic heterocycles. The van der Waals surface area contributed by atoms with Gasteiger partial charge in [0.2, 0.25) is 0 Å². The minimum Gasteiger partial charge on any atom is -0.397 e. The number of hydrogen-bond donors (Lipinski definition) is 2. The Morgan fingerprint density at radius 3 is 2.93 bits per heavy atom. The lowest BCUT2D eigenvalue weighted by atomic mass is 10.2. The molecule has 1 saturated heterocycles. The average molecular weight is 192 g/mol. The maximum Gasteiger partial charge on any atom is 0.0546 e. The largest absolute Gasteiger partial charge is 0.397 e. The fourth-order valence-electron chi connectivity index (χ4n) is 1.69. The lowest BCUT2D eigenvalue weighted by Crippen LogP contribution is -2.42. The van der Waals surface area contributed by atoms with Crippen molar-refractivity contribution in [3.8, 4) is 0 Å². The topological polar surface area (TPSA) is 54.2 Å². The van der Waals surface area contributed by atoms with Crippen molar-refractivity contribution in [2.45, 2.75) is 6.54 Å². The van der Waals surface area contributed by atoms with E-state index in [1.165, 1.54) is 5.56 Å². The molecule has 4 heteroatoms. The summed E-state index contributed by atoms with van der Waals surface area (Å²) >= 11 is 0. The molecule has 0 unspecified atom stereocenters. The Hall–Kier alpha value is -1.13. The molecule has 2 heterocycles. The molecule has 0 atom stereocenters. The minimum atomic E-state index is 0.797. The number of anilines is 1. The third-order valence-electron chi connectivity index (χ3n) is 2.55. The van der Waals surface area contributed by atoms with Crippen molar-refractivity contribution in [1.29, 1.82) is 0 Å². The van der Waals surface area contributed by atoms with Crippen molar-refractivity contribution in [2.24, 2.45) is 0 Å². The minimum absolute atomic E-state index is 0.797. The van der Waals surface area contributed by atoms with E-state index in [9.17, 15) is 0 Å². The van der Waals surface area contributed by atoms with Gasteiger partial charge >= 0.3 is 0 Å². The van der Waals surface area contributed by atoms with E-state index in [4.69, 9.17) is 5.73 Å². The highest BCUT2D eigenvalue weighted by atomic mass is 15.2. The molecular weight excluding hydrogens is 176 g/mol. The third-order valence-corrected chi connectivity index (χ3v) is 2.55.